The van der Waals surface area contributed by atoms with Gasteiger partial charge in [0.2, 0.25) is 0 Å². The molecule has 0 saturated heterocycles. The van der Waals surface area contributed by atoms with Crippen LogP contribution in [0.4, 0.5) is 0 Å². The zero-order valence-corrected chi connectivity index (χ0v) is 12.2. The quantitative estimate of drug-likeness (QED) is 0.525. The average Bonchev–Trinajstić information content (AvgIpc) is 2.27. The Morgan fingerprint density at radius 1 is 1.42 bits per heavy atom. The van der Waals surface area contributed by atoms with Crippen molar-refractivity contribution >= 4 is 18.6 Å². The molecular formula is C14H18O4S. The molecule has 0 aliphatic carbocycles. The number of fused-ring (bicyclic) bond motifs is 1. The van der Waals surface area contributed by atoms with Crippen LogP contribution in [0.1, 0.15) is 25.8 Å². The largest absolute Gasteiger partial charge is 0.443 e. The SMILES string of the molecule is COCC(=O)OC1(S)CC(C)(C)c2ccccc2O1. The molecule has 2 rings (SSSR count). The second-order valence-corrected chi connectivity index (χ2v) is 5.96. The van der Waals surface area contributed by atoms with E-state index in [-0.39, 0.29) is 12.0 Å². The maximum absolute atomic E-state index is 11.6. The number of para-hydroxylation sites is 1. The minimum Gasteiger partial charge on any atom is -0.443 e. The lowest BCUT2D eigenvalue weighted by molar-refractivity contribution is -0.180. The third kappa shape index (κ3) is 3.04. The van der Waals surface area contributed by atoms with Gasteiger partial charge in [0.25, 0.3) is 0 Å². The first-order valence-corrected chi connectivity index (χ1v) is 6.53. The molecule has 0 spiro atoms. The molecule has 1 atom stereocenters. The second-order valence-electron chi connectivity index (χ2n) is 5.28. The molecule has 19 heavy (non-hydrogen) atoms. The van der Waals surface area contributed by atoms with Crippen LogP contribution in [0, 0.1) is 0 Å². The van der Waals surface area contributed by atoms with E-state index in [0.717, 1.165) is 5.56 Å². The maximum Gasteiger partial charge on any atom is 0.335 e. The van der Waals surface area contributed by atoms with Crippen LogP contribution in [0.25, 0.3) is 0 Å². The molecular weight excluding hydrogens is 264 g/mol. The van der Waals surface area contributed by atoms with Crippen LogP contribution in [0.15, 0.2) is 24.3 Å². The molecule has 0 saturated carbocycles. The summed E-state index contributed by atoms with van der Waals surface area (Å²) in [5.41, 5.74) is 0.895. The number of thiol groups is 1. The zero-order chi connectivity index (χ0) is 14.1. The lowest BCUT2D eigenvalue weighted by Gasteiger charge is -2.42. The van der Waals surface area contributed by atoms with Crippen LogP contribution in [0.2, 0.25) is 0 Å². The fourth-order valence-electron chi connectivity index (χ4n) is 2.36. The minimum atomic E-state index is -1.26. The summed E-state index contributed by atoms with van der Waals surface area (Å²) in [4.78, 5) is 11.6. The van der Waals surface area contributed by atoms with E-state index in [0.29, 0.717) is 12.2 Å². The first-order valence-electron chi connectivity index (χ1n) is 6.08. The standard InChI is InChI=1S/C14H18O4S/c1-13(2)9-14(19,18-12(15)8-16-3)17-11-7-5-4-6-10(11)13/h4-7,19H,8-9H2,1-3H3. The van der Waals surface area contributed by atoms with E-state index < -0.39 is 11.1 Å². The summed E-state index contributed by atoms with van der Waals surface area (Å²) in [6.45, 7) is 4.03. The highest BCUT2D eigenvalue weighted by Crippen LogP contribution is 2.46. The van der Waals surface area contributed by atoms with Crippen molar-refractivity contribution in [1.82, 2.24) is 0 Å². The van der Waals surface area contributed by atoms with E-state index in [1.54, 1.807) is 0 Å². The van der Waals surface area contributed by atoms with Crippen LogP contribution in [0.3, 0.4) is 0 Å². The molecule has 1 unspecified atom stereocenters. The van der Waals surface area contributed by atoms with E-state index in [9.17, 15) is 4.79 Å². The fraction of sp³-hybridized carbons (Fsp3) is 0.500. The number of hydrogen-bond donors (Lipinski definition) is 1. The Hall–Kier alpha value is -1.20. The van der Waals surface area contributed by atoms with Gasteiger partial charge in [0.1, 0.15) is 12.4 Å². The lowest BCUT2D eigenvalue weighted by Crippen LogP contribution is -2.45. The first-order chi connectivity index (χ1) is 8.86. The lowest BCUT2D eigenvalue weighted by atomic mass is 9.79. The molecule has 5 heteroatoms. The highest BCUT2D eigenvalue weighted by molar-refractivity contribution is 7.81. The van der Waals surface area contributed by atoms with Crippen LogP contribution >= 0.6 is 12.6 Å². The predicted octanol–water partition coefficient (Wildman–Crippen LogP) is 2.52. The number of benzene rings is 1. The number of methoxy groups -OCH3 is 1. The van der Waals surface area contributed by atoms with Crippen molar-refractivity contribution < 1.29 is 19.0 Å². The Bertz CT molecular complexity index is 486. The van der Waals surface area contributed by atoms with E-state index in [2.05, 4.69) is 26.5 Å². The summed E-state index contributed by atoms with van der Waals surface area (Å²) in [6.07, 6.45) is 0.468. The maximum atomic E-state index is 11.6. The zero-order valence-electron chi connectivity index (χ0n) is 11.3. The molecule has 1 heterocycles. The Morgan fingerprint density at radius 2 is 2.11 bits per heavy atom. The average molecular weight is 282 g/mol. The minimum absolute atomic E-state index is 0.117. The molecule has 0 radical (unpaired) electrons. The van der Waals surface area contributed by atoms with Crippen molar-refractivity contribution in [3.63, 3.8) is 0 Å². The highest BCUT2D eigenvalue weighted by Gasteiger charge is 2.45. The molecule has 0 fully saturated rings. The van der Waals surface area contributed by atoms with Gasteiger partial charge in [-0.15, -0.1) is 0 Å². The number of carbonyl (C=O) groups is 1. The van der Waals surface area contributed by atoms with Crippen LogP contribution in [0.5, 0.6) is 5.75 Å². The molecule has 104 valence electrons. The topological polar surface area (TPSA) is 44.8 Å². The van der Waals surface area contributed by atoms with Crippen molar-refractivity contribution in [3.8, 4) is 5.75 Å². The normalized spacial score (nSPS) is 24.2. The van der Waals surface area contributed by atoms with Crippen molar-refractivity contribution in [3.05, 3.63) is 29.8 Å². The summed E-state index contributed by atoms with van der Waals surface area (Å²) >= 11 is 4.40. The smallest absolute Gasteiger partial charge is 0.335 e. The third-order valence-electron chi connectivity index (χ3n) is 3.09. The van der Waals surface area contributed by atoms with Crippen molar-refractivity contribution in [2.24, 2.45) is 0 Å². The summed E-state index contributed by atoms with van der Waals surface area (Å²) < 4.78 is 15.8. The van der Waals surface area contributed by atoms with Gasteiger partial charge in [0.05, 0.1) is 0 Å². The van der Waals surface area contributed by atoms with Gasteiger partial charge in [-0.3, -0.25) is 0 Å². The predicted molar refractivity (Wildman–Crippen MR) is 74.4 cm³/mol. The summed E-state index contributed by atoms with van der Waals surface area (Å²) in [5, 5.41) is -1.26. The van der Waals surface area contributed by atoms with Gasteiger partial charge in [-0.2, -0.15) is 0 Å². The van der Waals surface area contributed by atoms with E-state index in [1.165, 1.54) is 7.11 Å². The number of carbonyl (C=O) groups excluding carboxylic acids is 1. The molecule has 1 aliphatic rings. The van der Waals surface area contributed by atoms with Crippen molar-refractivity contribution in [2.75, 3.05) is 13.7 Å². The van der Waals surface area contributed by atoms with Gasteiger partial charge in [0, 0.05) is 24.5 Å². The van der Waals surface area contributed by atoms with Crippen LogP contribution in [-0.2, 0) is 19.7 Å². The monoisotopic (exact) mass is 282 g/mol. The molecule has 0 bridgehead atoms. The van der Waals surface area contributed by atoms with Gasteiger partial charge in [-0.05, 0) is 6.07 Å². The molecule has 1 aromatic rings. The molecule has 1 aromatic carbocycles. The van der Waals surface area contributed by atoms with Gasteiger partial charge < -0.3 is 14.2 Å². The Morgan fingerprint density at radius 3 is 2.79 bits per heavy atom. The Labute approximate surface area is 118 Å². The number of rotatable bonds is 3. The van der Waals surface area contributed by atoms with Crippen LogP contribution in [-0.4, -0.2) is 24.8 Å². The fourth-order valence-corrected chi connectivity index (χ4v) is 2.95. The van der Waals surface area contributed by atoms with Crippen LogP contribution < -0.4 is 4.74 Å². The molecule has 0 aromatic heterocycles. The number of ether oxygens (including phenoxy) is 3. The second kappa shape index (κ2) is 5.06. The summed E-state index contributed by atoms with van der Waals surface area (Å²) in [5.74, 6) is 0.201. The highest BCUT2D eigenvalue weighted by atomic mass is 32.1. The van der Waals surface area contributed by atoms with E-state index in [4.69, 9.17) is 14.2 Å². The molecule has 0 amide bonds. The Balaban J connectivity index is 2.26. The molecule has 1 aliphatic heterocycles. The number of esters is 1. The van der Waals surface area contributed by atoms with Gasteiger partial charge in [-0.25, -0.2) is 4.79 Å². The van der Waals surface area contributed by atoms with Gasteiger partial charge in [0.15, 0.2) is 0 Å². The summed E-state index contributed by atoms with van der Waals surface area (Å²) in [7, 11) is 1.44. The van der Waals surface area contributed by atoms with Gasteiger partial charge in [-0.1, -0.05) is 44.7 Å². The van der Waals surface area contributed by atoms with Crippen molar-refractivity contribution in [1.29, 1.82) is 0 Å². The Kier molecular flexibility index (Phi) is 3.78. The van der Waals surface area contributed by atoms with E-state index in [1.807, 2.05) is 24.3 Å². The van der Waals surface area contributed by atoms with E-state index >= 15 is 0 Å². The third-order valence-corrected chi connectivity index (χ3v) is 3.43. The summed E-state index contributed by atoms with van der Waals surface area (Å²) in [6, 6.07) is 7.71. The molecule has 4 nitrogen and oxygen atoms in total. The van der Waals surface area contributed by atoms with Gasteiger partial charge >= 0.3 is 11.1 Å². The van der Waals surface area contributed by atoms with Crippen molar-refractivity contribution in [2.45, 2.75) is 30.8 Å². The first kappa shape index (κ1) is 14.2. The number of hydrogen-bond acceptors (Lipinski definition) is 5. The molecule has 0 N–H and O–H groups in total.